The molecule has 7 heteroatoms. The van der Waals surface area contributed by atoms with E-state index in [1.165, 1.54) is 23.9 Å². The number of para-hydroxylation sites is 1. The van der Waals surface area contributed by atoms with Crippen molar-refractivity contribution in [1.82, 2.24) is 9.97 Å². The van der Waals surface area contributed by atoms with Crippen molar-refractivity contribution in [1.29, 1.82) is 0 Å². The van der Waals surface area contributed by atoms with Gasteiger partial charge in [0.05, 0.1) is 11.3 Å². The van der Waals surface area contributed by atoms with Gasteiger partial charge >= 0.3 is 0 Å². The van der Waals surface area contributed by atoms with Crippen LogP contribution in [0.25, 0.3) is 11.4 Å². The van der Waals surface area contributed by atoms with Crippen molar-refractivity contribution in [2.75, 3.05) is 11.1 Å². The minimum atomic E-state index is -0.329. The van der Waals surface area contributed by atoms with Crippen molar-refractivity contribution in [2.45, 2.75) is 25.3 Å². The van der Waals surface area contributed by atoms with Crippen LogP contribution in [0, 0.1) is 19.7 Å². The molecule has 170 valence electrons. The first-order valence-electron chi connectivity index (χ1n) is 10.9. The van der Waals surface area contributed by atoms with Gasteiger partial charge in [-0.3, -0.25) is 4.79 Å². The highest BCUT2D eigenvalue weighted by Gasteiger charge is 2.24. The number of nitrogens with one attached hydrogen (secondary N) is 1. The van der Waals surface area contributed by atoms with Gasteiger partial charge in [0.15, 0.2) is 5.82 Å². The number of carbonyl (C=O) groups is 1. The van der Waals surface area contributed by atoms with E-state index in [0.717, 1.165) is 33.7 Å². The van der Waals surface area contributed by atoms with Crippen LogP contribution in [0.1, 0.15) is 22.3 Å². The lowest BCUT2D eigenvalue weighted by Crippen LogP contribution is -2.16. The molecule has 0 saturated carbocycles. The normalized spacial score (nSPS) is 11.9. The molecule has 0 fully saturated rings. The van der Waals surface area contributed by atoms with E-state index in [-0.39, 0.29) is 17.5 Å². The van der Waals surface area contributed by atoms with Crippen LogP contribution in [0.4, 0.5) is 10.1 Å². The van der Waals surface area contributed by atoms with Crippen LogP contribution in [0.15, 0.2) is 71.8 Å². The number of carbonyl (C=O) groups excluding carboxylic acids is 1. The molecule has 1 aliphatic heterocycles. The summed E-state index contributed by atoms with van der Waals surface area (Å²) in [6.07, 6.45) is 0.607. The number of aromatic nitrogens is 2. The number of rotatable bonds is 5. The van der Waals surface area contributed by atoms with Crippen molar-refractivity contribution in [3.05, 3.63) is 94.8 Å². The summed E-state index contributed by atoms with van der Waals surface area (Å²) in [6.45, 7) is 4.00. The fraction of sp³-hybridized carbons (Fsp3) is 0.148. The van der Waals surface area contributed by atoms with E-state index in [9.17, 15) is 9.18 Å². The first kappa shape index (κ1) is 22.1. The van der Waals surface area contributed by atoms with Crippen LogP contribution < -0.4 is 10.1 Å². The number of fused-ring (bicyclic) bond motifs is 2. The van der Waals surface area contributed by atoms with Crippen molar-refractivity contribution < 1.29 is 13.9 Å². The number of hydrogen-bond donors (Lipinski definition) is 1. The lowest BCUT2D eigenvalue weighted by Gasteiger charge is -2.21. The van der Waals surface area contributed by atoms with E-state index >= 15 is 0 Å². The number of halogens is 1. The van der Waals surface area contributed by atoms with Crippen LogP contribution in [0.2, 0.25) is 0 Å². The fourth-order valence-corrected chi connectivity index (χ4v) is 4.60. The number of benzene rings is 3. The molecule has 0 atom stereocenters. The van der Waals surface area contributed by atoms with Gasteiger partial charge in [0.2, 0.25) is 11.8 Å². The van der Waals surface area contributed by atoms with E-state index in [4.69, 9.17) is 9.72 Å². The van der Waals surface area contributed by atoms with Gasteiger partial charge in [-0.05, 0) is 66.9 Å². The molecule has 34 heavy (non-hydrogen) atoms. The maximum absolute atomic E-state index is 13.4. The van der Waals surface area contributed by atoms with Crippen LogP contribution in [-0.4, -0.2) is 21.6 Å². The molecule has 3 aromatic carbocycles. The molecule has 1 aromatic heterocycles. The van der Waals surface area contributed by atoms with Gasteiger partial charge in [-0.25, -0.2) is 9.37 Å². The molecule has 5 nitrogen and oxygen atoms in total. The summed E-state index contributed by atoms with van der Waals surface area (Å²) in [6, 6.07) is 19.6. The molecule has 0 aliphatic carbocycles. The third-order valence-corrected chi connectivity index (χ3v) is 6.82. The van der Waals surface area contributed by atoms with Crippen LogP contribution >= 0.6 is 11.8 Å². The summed E-state index contributed by atoms with van der Waals surface area (Å²) < 4.78 is 19.5. The summed E-state index contributed by atoms with van der Waals surface area (Å²) in [5.74, 6) is 1.38. The second-order valence-electron chi connectivity index (χ2n) is 8.11. The van der Waals surface area contributed by atoms with Crippen molar-refractivity contribution in [3.8, 4) is 23.0 Å². The summed E-state index contributed by atoms with van der Waals surface area (Å²) in [4.78, 5) is 22.1. The first-order valence-corrected chi connectivity index (χ1v) is 11.9. The molecule has 5 rings (SSSR count). The minimum Gasteiger partial charge on any atom is -0.438 e. The Morgan fingerprint density at radius 2 is 1.82 bits per heavy atom. The SMILES string of the molecule is Cc1cccc(NC(=O)CSc2nc(-c3ccc(F)cc3)nc3c2Cc2ccccc2O3)c1C. The molecule has 2 heterocycles. The Morgan fingerprint density at radius 3 is 2.65 bits per heavy atom. The van der Waals surface area contributed by atoms with E-state index < -0.39 is 0 Å². The Kier molecular flexibility index (Phi) is 6.02. The Hall–Kier alpha value is -3.71. The van der Waals surface area contributed by atoms with Gasteiger partial charge in [-0.15, -0.1) is 0 Å². The third kappa shape index (κ3) is 4.52. The fourth-order valence-electron chi connectivity index (χ4n) is 3.78. The number of nitrogens with zero attached hydrogens (tertiary/aromatic N) is 2. The highest BCUT2D eigenvalue weighted by Crippen LogP contribution is 2.40. The second-order valence-corrected chi connectivity index (χ2v) is 9.08. The van der Waals surface area contributed by atoms with E-state index in [1.807, 2.05) is 56.3 Å². The van der Waals surface area contributed by atoms with Gasteiger partial charge in [0, 0.05) is 17.7 Å². The number of aryl methyl sites for hydroxylation is 1. The zero-order chi connectivity index (χ0) is 23.7. The monoisotopic (exact) mass is 471 g/mol. The van der Waals surface area contributed by atoms with Crippen molar-refractivity contribution in [3.63, 3.8) is 0 Å². The van der Waals surface area contributed by atoms with Crippen LogP contribution in [-0.2, 0) is 11.2 Å². The Balaban J connectivity index is 1.44. The van der Waals surface area contributed by atoms with Gasteiger partial charge in [-0.1, -0.05) is 42.1 Å². The Bertz CT molecular complexity index is 1390. The molecular weight excluding hydrogens is 449 g/mol. The predicted octanol–water partition coefficient (Wildman–Crippen LogP) is 6.33. The largest absolute Gasteiger partial charge is 0.438 e. The van der Waals surface area contributed by atoms with Crippen LogP contribution in [0.5, 0.6) is 11.6 Å². The zero-order valence-electron chi connectivity index (χ0n) is 18.8. The van der Waals surface area contributed by atoms with E-state index in [1.54, 1.807) is 12.1 Å². The van der Waals surface area contributed by atoms with Crippen molar-refractivity contribution in [2.24, 2.45) is 0 Å². The molecular formula is C27H22FN3O2S. The predicted molar refractivity (Wildman–Crippen MR) is 132 cm³/mol. The summed E-state index contributed by atoms with van der Waals surface area (Å²) in [7, 11) is 0. The summed E-state index contributed by atoms with van der Waals surface area (Å²) >= 11 is 1.34. The van der Waals surface area contributed by atoms with Crippen molar-refractivity contribution >= 4 is 23.4 Å². The number of hydrogen-bond acceptors (Lipinski definition) is 5. The topological polar surface area (TPSA) is 64.1 Å². The average molecular weight is 472 g/mol. The van der Waals surface area contributed by atoms with Gasteiger partial charge < -0.3 is 10.1 Å². The van der Waals surface area contributed by atoms with Gasteiger partial charge in [0.1, 0.15) is 16.6 Å². The molecule has 1 aliphatic rings. The molecule has 0 unspecified atom stereocenters. The first-order chi connectivity index (χ1) is 16.5. The maximum Gasteiger partial charge on any atom is 0.234 e. The van der Waals surface area contributed by atoms with E-state index in [2.05, 4.69) is 10.3 Å². The Labute approximate surface area is 201 Å². The summed E-state index contributed by atoms with van der Waals surface area (Å²) in [5.41, 5.74) is 5.52. The van der Waals surface area contributed by atoms with Gasteiger partial charge in [-0.2, -0.15) is 4.98 Å². The second kappa shape index (κ2) is 9.27. The highest BCUT2D eigenvalue weighted by molar-refractivity contribution is 8.00. The third-order valence-electron chi connectivity index (χ3n) is 5.80. The number of thioether (sulfide) groups is 1. The lowest BCUT2D eigenvalue weighted by atomic mass is 10.0. The summed E-state index contributed by atoms with van der Waals surface area (Å²) in [5, 5.41) is 3.67. The molecule has 0 radical (unpaired) electrons. The average Bonchev–Trinajstić information content (AvgIpc) is 2.84. The molecule has 4 aromatic rings. The molecule has 1 N–H and O–H groups in total. The number of ether oxygens (including phenoxy) is 1. The maximum atomic E-state index is 13.4. The molecule has 0 spiro atoms. The smallest absolute Gasteiger partial charge is 0.234 e. The van der Waals surface area contributed by atoms with E-state index in [0.29, 0.717) is 28.7 Å². The number of anilines is 1. The quantitative estimate of drug-likeness (QED) is 0.240. The Morgan fingerprint density at radius 1 is 1.03 bits per heavy atom. The highest BCUT2D eigenvalue weighted by atomic mass is 32.2. The van der Waals surface area contributed by atoms with Gasteiger partial charge in [0.25, 0.3) is 0 Å². The molecule has 1 amide bonds. The standard InChI is InChI=1S/C27H22FN3O2S/c1-16-6-5-8-22(17(16)2)29-24(32)15-34-27-21-14-19-7-3-4-9-23(19)33-26(21)30-25(31-27)18-10-12-20(28)13-11-18/h3-13H,14-15H2,1-2H3,(H,29,32). The number of amides is 1. The molecule has 0 bridgehead atoms. The lowest BCUT2D eigenvalue weighted by molar-refractivity contribution is -0.113. The zero-order valence-corrected chi connectivity index (χ0v) is 19.6. The minimum absolute atomic E-state index is 0.119. The van der Waals surface area contributed by atoms with Crippen LogP contribution in [0.3, 0.4) is 0 Å². The molecule has 0 saturated heterocycles.